The lowest BCUT2D eigenvalue weighted by atomic mass is 10.3. The number of hydrogen-bond acceptors (Lipinski definition) is 4. The summed E-state index contributed by atoms with van der Waals surface area (Å²) in [5.74, 6) is -1.99. The van der Waals surface area contributed by atoms with E-state index in [9.17, 15) is 8.78 Å². The van der Waals surface area contributed by atoms with E-state index in [0.717, 1.165) is 24.7 Å². The third kappa shape index (κ3) is 4.49. The first kappa shape index (κ1) is 15.4. The molecule has 0 spiro atoms. The molecule has 0 aliphatic heterocycles. The molecule has 1 heterocycles. The summed E-state index contributed by atoms with van der Waals surface area (Å²) in [6, 6.07) is 3.84. The smallest absolute Gasteiger partial charge is 0.200 e. The van der Waals surface area contributed by atoms with Crippen LogP contribution in [0.1, 0.15) is 19.0 Å². The van der Waals surface area contributed by atoms with Crippen LogP contribution in [-0.2, 0) is 13.1 Å². The maximum absolute atomic E-state index is 13.4. The van der Waals surface area contributed by atoms with Gasteiger partial charge in [-0.1, -0.05) is 18.2 Å². The van der Waals surface area contributed by atoms with Crippen molar-refractivity contribution in [2.45, 2.75) is 26.4 Å². The van der Waals surface area contributed by atoms with E-state index in [2.05, 4.69) is 22.6 Å². The number of rotatable bonds is 8. The Kier molecular flexibility index (Phi) is 5.62. The minimum atomic E-state index is -0.972. The number of nitrogens with zero attached hydrogens (tertiary/aromatic N) is 3. The average molecular weight is 296 g/mol. The van der Waals surface area contributed by atoms with Crippen LogP contribution in [0, 0.1) is 11.6 Å². The molecule has 0 aliphatic rings. The Bertz CT molecular complexity index is 574. The van der Waals surface area contributed by atoms with Gasteiger partial charge in [-0.25, -0.2) is 9.07 Å². The first-order valence-electron chi connectivity index (χ1n) is 6.87. The fourth-order valence-corrected chi connectivity index (χ4v) is 1.77. The molecule has 1 N–H and O–H groups in total. The van der Waals surface area contributed by atoms with E-state index in [1.165, 1.54) is 12.1 Å². The summed E-state index contributed by atoms with van der Waals surface area (Å²) in [6.45, 7) is 4.27. The molecule has 0 saturated carbocycles. The highest BCUT2D eigenvalue weighted by molar-refractivity contribution is 5.24. The molecule has 2 aromatic rings. The van der Waals surface area contributed by atoms with Gasteiger partial charge in [0, 0.05) is 12.7 Å². The lowest BCUT2D eigenvalue weighted by molar-refractivity contribution is 0.272. The van der Waals surface area contributed by atoms with Crippen molar-refractivity contribution in [3.63, 3.8) is 0 Å². The molecule has 0 saturated heterocycles. The van der Waals surface area contributed by atoms with Gasteiger partial charge in [0.25, 0.3) is 0 Å². The molecule has 1 aromatic carbocycles. The van der Waals surface area contributed by atoms with E-state index in [4.69, 9.17) is 4.74 Å². The quantitative estimate of drug-likeness (QED) is 0.758. The van der Waals surface area contributed by atoms with Crippen molar-refractivity contribution in [3.8, 4) is 5.75 Å². The Labute approximate surface area is 121 Å². The van der Waals surface area contributed by atoms with E-state index in [-0.39, 0.29) is 12.4 Å². The van der Waals surface area contributed by atoms with Crippen molar-refractivity contribution in [1.29, 1.82) is 0 Å². The van der Waals surface area contributed by atoms with Crippen LogP contribution < -0.4 is 10.1 Å². The van der Waals surface area contributed by atoms with Gasteiger partial charge >= 0.3 is 0 Å². The molecule has 5 nitrogen and oxygen atoms in total. The van der Waals surface area contributed by atoms with Crippen LogP contribution in [0.2, 0.25) is 0 Å². The van der Waals surface area contributed by atoms with Crippen LogP contribution in [0.3, 0.4) is 0 Å². The molecule has 2 rings (SSSR count). The fraction of sp³-hybridized carbons (Fsp3) is 0.429. The lowest BCUT2D eigenvalue weighted by Gasteiger charge is -2.07. The second kappa shape index (κ2) is 7.68. The number of benzene rings is 1. The number of halogens is 2. The van der Waals surface area contributed by atoms with Gasteiger partial charge in [0.05, 0.1) is 12.2 Å². The Hall–Kier alpha value is -2.02. The molecule has 21 heavy (non-hydrogen) atoms. The molecule has 0 amide bonds. The number of ether oxygens (including phenoxy) is 1. The van der Waals surface area contributed by atoms with Gasteiger partial charge in [-0.05, 0) is 25.1 Å². The second-order valence-electron chi connectivity index (χ2n) is 4.55. The van der Waals surface area contributed by atoms with E-state index in [1.807, 2.05) is 0 Å². The average Bonchev–Trinajstić information content (AvgIpc) is 2.92. The molecule has 7 heteroatoms. The van der Waals surface area contributed by atoms with Crippen LogP contribution in [-0.4, -0.2) is 28.1 Å². The van der Waals surface area contributed by atoms with Crippen LogP contribution in [0.25, 0.3) is 0 Å². The maximum Gasteiger partial charge on any atom is 0.200 e. The second-order valence-corrected chi connectivity index (χ2v) is 4.55. The maximum atomic E-state index is 13.4. The van der Waals surface area contributed by atoms with Gasteiger partial charge in [-0.2, -0.15) is 4.39 Å². The molecule has 114 valence electrons. The molecule has 0 aliphatic carbocycles. The Balaban J connectivity index is 1.79. The SMILES string of the molecule is CCCNCc1cn(CCOc2cccc(F)c2F)nn1. The molecule has 0 radical (unpaired) electrons. The topological polar surface area (TPSA) is 52.0 Å². The summed E-state index contributed by atoms with van der Waals surface area (Å²) in [5, 5.41) is 11.2. The van der Waals surface area contributed by atoms with Crippen LogP contribution in [0.4, 0.5) is 8.78 Å². The largest absolute Gasteiger partial charge is 0.488 e. The molecule has 0 bridgehead atoms. The van der Waals surface area contributed by atoms with E-state index < -0.39 is 11.6 Å². The zero-order chi connectivity index (χ0) is 15.1. The molecular formula is C14H18F2N4O. The van der Waals surface area contributed by atoms with E-state index >= 15 is 0 Å². The predicted octanol–water partition coefficient (Wildman–Crippen LogP) is 2.13. The van der Waals surface area contributed by atoms with E-state index in [1.54, 1.807) is 10.9 Å². The number of hydrogen-bond donors (Lipinski definition) is 1. The van der Waals surface area contributed by atoms with Crippen molar-refractivity contribution >= 4 is 0 Å². The molecular weight excluding hydrogens is 278 g/mol. The lowest BCUT2D eigenvalue weighted by Crippen LogP contribution is -2.14. The van der Waals surface area contributed by atoms with E-state index in [0.29, 0.717) is 13.1 Å². The normalized spacial score (nSPS) is 10.8. The molecule has 1 aromatic heterocycles. The zero-order valence-electron chi connectivity index (χ0n) is 11.9. The van der Waals surface area contributed by atoms with Gasteiger partial charge in [0.2, 0.25) is 5.82 Å². The predicted molar refractivity (Wildman–Crippen MR) is 73.9 cm³/mol. The van der Waals surface area contributed by atoms with Crippen molar-refractivity contribution in [2.24, 2.45) is 0 Å². The standard InChI is InChI=1S/C14H18F2N4O/c1-2-6-17-9-11-10-20(19-18-11)7-8-21-13-5-3-4-12(15)14(13)16/h3-5,10,17H,2,6-9H2,1H3. The molecule has 0 fully saturated rings. The molecule has 0 atom stereocenters. The molecule has 0 unspecified atom stereocenters. The highest BCUT2D eigenvalue weighted by Gasteiger charge is 2.08. The van der Waals surface area contributed by atoms with Gasteiger partial charge < -0.3 is 10.1 Å². The summed E-state index contributed by atoms with van der Waals surface area (Å²) in [4.78, 5) is 0. The summed E-state index contributed by atoms with van der Waals surface area (Å²) in [6.07, 6.45) is 2.86. The minimum absolute atomic E-state index is 0.0973. The minimum Gasteiger partial charge on any atom is -0.488 e. The summed E-state index contributed by atoms with van der Waals surface area (Å²) in [5.41, 5.74) is 0.834. The van der Waals surface area contributed by atoms with Gasteiger partial charge in [0.15, 0.2) is 11.6 Å². The first-order chi connectivity index (χ1) is 10.2. The Morgan fingerprint density at radius 3 is 3.00 bits per heavy atom. The summed E-state index contributed by atoms with van der Waals surface area (Å²) in [7, 11) is 0. The monoisotopic (exact) mass is 296 g/mol. The summed E-state index contributed by atoms with van der Waals surface area (Å²) >= 11 is 0. The first-order valence-corrected chi connectivity index (χ1v) is 6.87. The van der Waals surface area contributed by atoms with Crippen molar-refractivity contribution < 1.29 is 13.5 Å². The van der Waals surface area contributed by atoms with Gasteiger partial charge in [-0.15, -0.1) is 5.10 Å². The Morgan fingerprint density at radius 1 is 1.33 bits per heavy atom. The zero-order valence-corrected chi connectivity index (χ0v) is 11.9. The Morgan fingerprint density at radius 2 is 2.19 bits per heavy atom. The number of aromatic nitrogens is 3. The fourth-order valence-electron chi connectivity index (χ4n) is 1.77. The van der Waals surface area contributed by atoms with Gasteiger partial charge in [0.1, 0.15) is 6.61 Å². The van der Waals surface area contributed by atoms with Crippen molar-refractivity contribution in [3.05, 3.63) is 41.7 Å². The van der Waals surface area contributed by atoms with Crippen LogP contribution in [0.5, 0.6) is 5.75 Å². The summed E-state index contributed by atoms with van der Waals surface area (Å²) < 4.78 is 33.2. The highest BCUT2D eigenvalue weighted by Crippen LogP contribution is 2.18. The third-order valence-corrected chi connectivity index (χ3v) is 2.81. The van der Waals surface area contributed by atoms with Crippen molar-refractivity contribution in [2.75, 3.05) is 13.2 Å². The number of nitrogens with one attached hydrogen (secondary N) is 1. The van der Waals surface area contributed by atoms with Gasteiger partial charge in [-0.3, -0.25) is 0 Å². The third-order valence-electron chi connectivity index (χ3n) is 2.81. The highest BCUT2D eigenvalue weighted by atomic mass is 19.2. The van der Waals surface area contributed by atoms with Crippen LogP contribution >= 0.6 is 0 Å². The van der Waals surface area contributed by atoms with Crippen LogP contribution in [0.15, 0.2) is 24.4 Å². The van der Waals surface area contributed by atoms with Crippen molar-refractivity contribution in [1.82, 2.24) is 20.3 Å².